The first-order valence-corrected chi connectivity index (χ1v) is 9.22. The molecule has 3 N–H and O–H groups in total. The molecule has 1 fully saturated rings. The van der Waals surface area contributed by atoms with Crippen molar-refractivity contribution in [1.29, 1.82) is 0 Å². The Balaban J connectivity index is 1.71. The van der Waals surface area contributed by atoms with Crippen molar-refractivity contribution in [2.45, 2.75) is 19.0 Å². The maximum absolute atomic E-state index is 13.1. The van der Waals surface area contributed by atoms with E-state index in [1.165, 1.54) is 28.2 Å². The Labute approximate surface area is 156 Å². The maximum atomic E-state index is 13.1. The number of nitrogens with two attached hydrogens (primary N) is 1. The van der Waals surface area contributed by atoms with Crippen molar-refractivity contribution in [1.82, 2.24) is 19.6 Å². The number of hydrogen-bond acceptors (Lipinski definition) is 7. The predicted octanol–water partition coefficient (Wildman–Crippen LogP) is 2.66. The first-order chi connectivity index (χ1) is 12.9. The standard InChI is InChI=1S/C16H17F3N6OS/c17-16(18,19)11-4-10(5-21-13(11)20)12-6-22-14-25(12)23-15(27-14)24-3-1-2-9(7-24)8-26/h4-6,9,26H,1-3,7-8H2,(H2,20,21). The van der Waals surface area contributed by atoms with E-state index in [9.17, 15) is 18.3 Å². The van der Waals surface area contributed by atoms with Crippen LogP contribution < -0.4 is 10.6 Å². The van der Waals surface area contributed by atoms with E-state index >= 15 is 0 Å². The highest BCUT2D eigenvalue weighted by molar-refractivity contribution is 7.20. The molecule has 0 bridgehead atoms. The number of rotatable bonds is 3. The molecule has 27 heavy (non-hydrogen) atoms. The van der Waals surface area contributed by atoms with Gasteiger partial charge in [-0.25, -0.2) is 14.5 Å². The number of aliphatic hydroxyl groups excluding tert-OH is 1. The van der Waals surface area contributed by atoms with Gasteiger partial charge >= 0.3 is 6.18 Å². The van der Waals surface area contributed by atoms with Crippen molar-refractivity contribution < 1.29 is 18.3 Å². The second kappa shape index (κ2) is 6.64. The highest BCUT2D eigenvalue weighted by Crippen LogP contribution is 2.36. The number of nitrogens with zero attached hydrogens (tertiary/aromatic N) is 5. The first-order valence-electron chi connectivity index (χ1n) is 8.40. The van der Waals surface area contributed by atoms with Gasteiger partial charge in [-0.05, 0) is 24.8 Å². The number of anilines is 2. The van der Waals surface area contributed by atoms with Gasteiger partial charge in [-0.1, -0.05) is 11.3 Å². The Kier molecular flexibility index (Phi) is 4.42. The number of aromatic nitrogens is 4. The third-order valence-electron chi connectivity index (χ3n) is 4.64. The summed E-state index contributed by atoms with van der Waals surface area (Å²) in [5.41, 5.74) is 5.06. The van der Waals surface area contributed by atoms with Crippen molar-refractivity contribution in [2.24, 2.45) is 5.92 Å². The van der Waals surface area contributed by atoms with Gasteiger partial charge in [0.15, 0.2) is 0 Å². The smallest absolute Gasteiger partial charge is 0.396 e. The second-order valence-electron chi connectivity index (χ2n) is 6.51. The van der Waals surface area contributed by atoms with Gasteiger partial charge in [-0.2, -0.15) is 13.2 Å². The minimum atomic E-state index is -4.59. The summed E-state index contributed by atoms with van der Waals surface area (Å²) >= 11 is 1.36. The van der Waals surface area contributed by atoms with E-state index in [4.69, 9.17) is 5.73 Å². The number of alkyl halides is 3. The average molecular weight is 398 g/mol. The number of halogens is 3. The number of imidazole rings is 1. The van der Waals surface area contributed by atoms with Crippen LogP contribution in [0.3, 0.4) is 0 Å². The molecule has 1 aliphatic heterocycles. The Morgan fingerprint density at radius 3 is 2.85 bits per heavy atom. The van der Waals surface area contributed by atoms with Crippen LogP contribution in [0.5, 0.6) is 0 Å². The fourth-order valence-corrected chi connectivity index (χ4v) is 4.15. The number of piperidine rings is 1. The SMILES string of the molecule is Nc1ncc(-c2cnc3sc(N4CCCC(CO)C4)nn23)cc1C(F)(F)F. The predicted molar refractivity (Wildman–Crippen MR) is 95.5 cm³/mol. The van der Waals surface area contributed by atoms with Gasteiger partial charge in [0.05, 0.1) is 17.5 Å². The molecule has 1 aliphatic rings. The Morgan fingerprint density at radius 2 is 2.11 bits per heavy atom. The fraction of sp³-hybridized carbons (Fsp3) is 0.438. The molecular formula is C16H17F3N6OS. The summed E-state index contributed by atoms with van der Waals surface area (Å²) in [5.74, 6) is -0.362. The number of fused-ring (bicyclic) bond motifs is 1. The maximum Gasteiger partial charge on any atom is 0.419 e. The lowest BCUT2D eigenvalue weighted by atomic mass is 10.00. The zero-order chi connectivity index (χ0) is 19.2. The molecular weight excluding hydrogens is 381 g/mol. The van der Waals surface area contributed by atoms with Crippen LogP contribution in [0.1, 0.15) is 18.4 Å². The summed E-state index contributed by atoms with van der Waals surface area (Å²) in [6.07, 6.45) is 0.102. The van der Waals surface area contributed by atoms with Crippen LogP contribution in [-0.4, -0.2) is 44.4 Å². The van der Waals surface area contributed by atoms with Gasteiger partial charge in [0.2, 0.25) is 10.1 Å². The summed E-state index contributed by atoms with van der Waals surface area (Å²) in [6.45, 7) is 1.65. The molecule has 3 aromatic heterocycles. The molecule has 11 heteroatoms. The van der Waals surface area contributed by atoms with Crippen molar-refractivity contribution in [3.05, 3.63) is 24.0 Å². The summed E-state index contributed by atoms with van der Waals surface area (Å²) in [6, 6.07) is 0.966. The molecule has 1 saturated heterocycles. The topological polar surface area (TPSA) is 92.6 Å². The molecule has 3 aromatic rings. The zero-order valence-electron chi connectivity index (χ0n) is 14.1. The van der Waals surface area contributed by atoms with Crippen LogP contribution in [0.15, 0.2) is 18.5 Å². The Morgan fingerprint density at radius 1 is 1.30 bits per heavy atom. The molecule has 7 nitrogen and oxygen atoms in total. The highest BCUT2D eigenvalue weighted by atomic mass is 32.1. The van der Waals surface area contributed by atoms with Gasteiger partial charge in [-0.15, -0.1) is 5.10 Å². The summed E-state index contributed by atoms with van der Waals surface area (Å²) in [7, 11) is 0. The van der Waals surface area contributed by atoms with Crippen LogP contribution >= 0.6 is 11.3 Å². The van der Waals surface area contributed by atoms with Crippen molar-refractivity contribution in [3.63, 3.8) is 0 Å². The van der Waals surface area contributed by atoms with Crippen LogP contribution in [0.4, 0.5) is 24.1 Å². The summed E-state index contributed by atoms with van der Waals surface area (Å²) < 4.78 is 40.9. The lowest BCUT2D eigenvalue weighted by Gasteiger charge is -2.31. The molecule has 1 unspecified atom stereocenters. The van der Waals surface area contributed by atoms with E-state index in [2.05, 4.69) is 20.0 Å². The first kappa shape index (κ1) is 18.0. The molecule has 0 aromatic carbocycles. The van der Waals surface area contributed by atoms with E-state index in [0.29, 0.717) is 17.2 Å². The van der Waals surface area contributed by atoms with Crippen molar-refractivity contribution in [3.8, 4) is 11.3 Å². The van der Waals surface area contributed by atoms with Crippen LogP contribution in [0, 0.1) is 5.92 Å². The van der Waals surface area contributed by atoms with Crippen LogP contribution in [-0.2, 0) is 6.18 Å². The number of aliphatic hydroxyl groups is 1. The minimum Gasteiger partial charge on any atom is -0.396 e. The van der Waals surface area contributed by atoms with Crippen molar-refractivity contribution in [2.75, 3.05) is 30.3 Å². The molecule has 0 radical (unpaired) electrons. The number of hydrogen-bond donors (Lipinski definition) is 2. The third-order valence-corrected chi connectivity index (χ3v) is 5.63. The van der Waals surface area contributed by atoms with Gasteiger partial charge in [0.25, 0.3) is 0 Å². The third kappa shape index (κ3) is 3.32. The van der Waals surface area contributed by atoms with Gasteiger partial charge in [0, 0.05) is 31.5 Å². The normalized spacial score (nSPS) is 18.4. The van der Waals surface area contributed by atoms with E-state index in [1.54, 1.807) is 0 Å². The summed E-state index contributed by atoms with van der Waals surface area (Å²) in [5, 5.41) is 14.7. The molecule has 4 heterocycles. The largest absolute Gasteiger partial charge is 0.419 e. The Hall–Kier alpha value is -2.40. The zero-order valence-corrected chi connectivity index (χ0v) is 15.0. The molecule has 0 saturated carbocycles. The molecule has 4 rings (SSSR count). The minimum absolute atomic E-state index is 0.127. The molecule has 1 atom stereocenters. The number of pyridine rings is 1. The van der Waals surface area contributed by atoms with E-state index in [-0.39, 0.29) is 18.1 Å². The van der Waals surface area contributed by atoms with Crippen LogP contribution in [0.25, 0.3) is 16.2 Å². The number of nitrogen functional groups attached to an aromatic ring is 1. The molecule has 144 valence electrons. The van der Waals surface area contributed by atoms with E-state index in [1.807, 2.05) is 0 Å². The second-order valence-corrected chi connectivity index (χ2v) is 7.45. The lowest BCUT2D eigenvalue weighted by Crippen LogP contribution is -2.36. The van der Waals surface area contributed by atoms with Gasteiger partial charge in [-0.3, -0.25) is 0 Å². The van der Waals surface area contributed by atoms with Crippen molar-refractivity contribution >= 4 is 27.2 Å². The molecule has 0 amide bonds. The Bertz CT molecular complexity index is 969. The molecule has 0 spiro atoms. The summed E-state index contributed by atoms with van der Waals surface area (Å²) in [4.78, 5) is 10.6. The van der Waals surface area contributed by atoms with E-state index in [0.717, 1.165) is 30.6 Å². The van der Waals surface area contributed by atoms with Crippen LogP contribution in [0.2, 0.25) is 0 Å². The highest BCUT2D eigenvalue weighted by Gasteiger charge is 2.34. The van der Waals surface area contributed by atoms with Gasteiger partial charge < -0.3 is 15.7 Å². The average Bonchev–Trinajstić information content (AvgIpc) is 3.22. The quantitative estimate of drug-likeness (QED) is 0.705. The van der Waals surface area contributed by atoms with E-state index < -0.39 is 17.6 Å². The molecule has 0 aliphatic carbocycles. The lowest BCUT2D eigenvalue weighted by molar-refractivity contribution is -0.137. The monoisotopic (exact) mass is 398 g/mol. The fourth-order valence-electron chi connectivity index (χ4n) is 3.24. The van der Waals surface area contributed by atoms with Gasteiger partial charge in [0.1, 0.15) is 5.82 Å².